The van der Waals surface area contributed by atoms with Gasteiger partial charge in [0.25, 0.3) is 0 Å². The zero-order chi connectivity index (χ0) is 8.69. The van der Waals surface area contributed by atoms with Crippen LogP contribution in [-0.2, 0) is 9.53 Å². The fourth-order valence-electron chi connectivity index (χ4n) is 0.447. The monoisotopic (exact) mass is 156 g/mol. The van der Waals surface area contributed by atoms with Gasteiger partial charge < -0.3 is 10.1 Å². The van der Waals surface area contributed by atoms with Gasteiger partial charge in [-0.15, -0.1) is 0 Å². The van der Waals surface area contributed by atoms with Crippen molar-refractivity contribution in [3.05, 3.63) is 12.7 Å². The molecule has 0 unspecified atom stereocenters. The minimum atomic E-state index is -0.0984. The maximum atomic E-state index is 10.3. The zero-order valence-electron chi connectivity index (χ0n) is 6.52. The van der Waals surface area contributed by atoms with Crippen molar-refractivity contribution in [3.8, 4) is 0 Å². The zero-order valence-corrected chi connectivity index (χ0v) is 6.52. The van der Waals surface area contributed by atoms with Crippen molar-refractivity contribution < 1.29 is 9.53 Å². The first-order valence-electron chi connectivity index (χ1n) is 3.25. The van der Waals surface area contributed by atoms with Gasteiger partial charge in [-0.05, 0) is 6.08 Å². The van der Waals surface area contributed by atoms with Gasteiger partial charge in [-0.3, -0.25) is 10.2 Å². The van der Waals surface area contributed by atoms with E-state index in [-0.39, 0.29) is 11.8 Å². The van der Waals surface area contributed by atoms with Crippen molar-refractivity contribution in [2.75, 3.05) is 13.2 Å². The molecule has 0 aromatic heterocycles. The van der Waals surface area contributed by atoms with Crippen LogP contribution in [0.2, 0.25) is 0 Å². The smallest absolute Gasteiger partial charge is 0.216 e. The Morgan fingerprint density at radius 1 is 1.82 bits per heavy atom. The van der Waals surface area contributed by atoms with Crippen LogP contribution >= 0.6 is 0 Å². The highest BCUT2D eigenvalue weighted by molar-refractivity contribution is 5.83. The Morgan fingerprint density at radius 3 is 2.91 bits per heavy atom. The van der Waals surface area contributed by atoms with Crippen LogP contribution in [-0.4, -0.2) is 25.0 Å². The molecule has 2 N–H and O–H groups in total. The first-order chi connectivity index (χ1) is 5.16. The summed E-state index contributed by atoms with van der Waals surface area (Å²) in [6, 6.07) is 0. The summed E-state index contributed by atoms with van der Waals surface area (Å²) in [5.41, 5.74) is 0. The number of amides is 1. The van der Waals surface area contributed by atoms with Crippen LogP contribution in [0.5, 0.6) is 0 Å². The molecule has 0 heterocycles. The van der Waals surface area contributed by atoms with E-state index < -0.39 is 0 Å². The molecule has 0 aliphatic carbocycles. The third kappa shape index (κ3) is 6.57. The second kappa shape index (κ2) is 5.46. The molecule has 4 heteroatoms. The van der Waals surface area contributed by atoms with Crippen molar-refractivity contribution in [2.24, 2.45) is 0 Å². The average Bonchev–Trinajstić information content (AvgIpc) is 1.97. The van der Waals surface area contributed by atoms with Gasteiger partial charge in [-0.2, -0.15) is 0 Å². The Morgan fingerprint density at radius 2 is 2.45 bits per heavy atom. The quantitative estimate of drug-likeness (QED) is 0.349. The molecule has 0 bridgehead atoms. The topological polar surface area (TPSA) is 62.2 Å². The molecule has 4 nitrogen and oxygen atoms in total. The molecule has 0 radical (unpaired) electrons. The minimum absolute atomic E-state index is 0.0235. The van der Waals surface area contributed by atoms with Gasteiger partial charge in [0.2, 0.25) is 11.8 Å². The van der Waals surface area contributed by atoms with Gasteiger partial charge in [0.15, 0.2) is 0 Å². The van der Waals surface area contributed by atoms with E-state index in [1.54, 1.807) is 0 Å². The molecule has 11 heavy (non-hydrogen) atoms. The third-order valence-corrected chi connectivity index (χ3v) is 0.919. The van der Waals surface area contributed by atoms with Gasteiger partial charge in [0, 0.05) is 6.92 Å². The van der Waals surface area contributed by atoms with Crippen molar-refractivity contribution in [2.45, 2.75) is 6.92 Å². The maximum absolute atomic E-state index is 10.3. The first kappa shape index (κ1) is 9.68. The molecule has 0 saturated heterocycles. The Balaban J connectivity index is 3.21. The standard InChI is InChI=1S/C7H12N2O2/c1-3-7(8)11-5-4-9-6(2)10/h3,8H,1,4-5H2,2H3,(H,9,10). The summed E-state index contributed by atoms with van der Waals surface area (Å²) in [5, 5.41) is 9.50. The molecular weight excluding hydrogens is 144 g/mol. The van der Waals surface area contributed by atoms with Crippen molar-refractivity contribution in [1.82, 2.24) is 5.32 Å². The van der Waals surface area contributed by atoms with Crippen LogP contribution in [0.3, 0.4) is 0 Å². The number of rotatable bonds is 4. The molecule has 0 aliphatic rings. The lowest BCUT2D eigenvalue weighted by molar-refractivity contribution is -0.119. The average molecular weight is 156 g/mol. The van der Waals surface area contributed by atoms with E-state index in [4.69, 9.17) is 10.1 Å². The first-order valence-corrected chi connectivity index (χ1v) is 3.25. The van der Waals surface area contributed by atoms with E-state index >= 15 is 0 Å². The summed E-state index contributed by atoms with van der Waals surface area (Å²) >= 11 is 0. The van der Waals surface area contributed by atoms with Gasteiger partial charge >= 0.3 is 0 Å². The molecular formula is C7H12N2O2. The highest BCUT2D eigenvalue weighted by Crippen LogP contribution is 1.77. The Bertz CT molecular complexity index is 166. The number of nitrogens with one attached hydrogen (secondary N) is 2. The van der Waals surface area contributed by atoms with Crippen LogP contribution < -0.4 is 5.32 Å². The van der Waals surface area contributed by atoms with Crippen molar-refractivity contribution in [1.29, 1.82) is 5.41 Å². The SMILES string of the molecule is C=CC(=N)OCCNC(C)=O. The predicted molar refractivity (Wildman–Crippen MR) is 42.6 cm³/mol. The summed E-state index contributed by atoms with van der Waals surface area (Å²) in [6.07, 6.45) is 1.30. The van der Waals surface area contributed by atoms with Gasteiger partial charge in [-0.1, -0.05) is 6.58 Å². The number of carbonyl (C=O) groups excluding carboxylic acids is 1. The molecule has 0 aromatic carbocycles. The van der Waals surface area contributed by atoms with E-state index in [0.29, 0.717) is 13.2 Å². The molecule has 62 valence electrons. The molecule has 0 saturated carbocycles. The van der Waals surface area contributed by atoms with Crippen LogP contribution in [0.1, 0.15) is 6.92 Å². The fraction of sp³-hybridized carbons (Fsp3) is 0.429. The maximum Gasteiger partial charge on any atom is 0.216 e. The van der Waals surface area contributed by atoms with E-state index in [1.807, 2.05) is 0 Å². The Labute approximate surface area is 65.7 Å². The lowest BCUT2D eigenvalue weighted by atomic mass is 10.6. The molecule has 0 aromatic rings. The van der Waals surface area contributed by atoms with Crippen molar-refractivity contribution >= 4 is 11.8 Å². The van der Waals surface area contributed by atoms with E-state index in [9.17, 15) is 4.79 Å². The Hall–Kier alpha value is -1.32. The molecule has 0 rings (SSSR count). The van der Waals surface area contributed by atoms with Gasteiger partial charge in [0.05, 0.1) is 6.54 Å². The van der Waals surface area contributed by atoms with E-state index in [0.717, 1.165) is 0 Å². The lowest BCUT2D eigenvalue weighted by Gasteiger charge is -2.03. The predicted octanol–water partition coefficient (Wildman–Crippen LogP) is 0.302. The van der Waals surface area contributed by atoms with E-state index in [2.05, 4.69) is 11.9 Å². The molecule has 0 fully saturated rings. The van der Waals surface area contributed by atoms with Crippen LogP contribution in [0.25, 0.3) is 0 Å². The summed E-state index contributed by atoms with van der Waals surface area (Å²) in [7, 11) is 0. The lowest BCUT2D eigenvalue weighted by Crippen LogP contribution is -2.25. The summed E-state index contributed by atoms with van der Waals surface area (Å²) in [5.74, 6) is -0.0749. The number of ether oxygens (including phenoxy) is 1. The second-order valence-electron chi connectivity index (χ2n) is 1.90. The molecule has 1 amide bonds. The van der Waals surface area contributed by atoms with E-state index in [1.165, 1.54) is 13.0 Å². The van der Waals surface area contributed by atoms with Crippen LogP contribution in [0.4, 0.5) is 0 Å². The highest BCUT2D eigenvalue weighted by atomic mass is 16.5. The minimum Gasteiger partial charge on any atom is -0.476 e. The Kier molecular flexibility index (Phi) is 4.81. The molecule has 0 spiro atoms. The number of hydrogen-bond donors (Lipinski definition) is 2. The molecule has 0 aliphatic heterocycles. The largest absolute Gasteiger partial charge is 0.476 e. The fourth-order valence-corrected chi connectivity index (χ4v) is 0.447. The highest BCUT2D eigenvalue weighted by Gasteiger charge is 1.91. The summed E-state index contributed by atoms with van der Waals surface area (Å²) in [4.78, 5) is 10.3. The number of hydrogen-bond acceptors (Lipinski definition) is 3. The third-order valence-electron chi connectivity index (χ3n) is 0.919. The van der Waals surface area contributed by atoms with Gasteiger partial charge in [-0.25, -0.2) is 0 Å². The normalized spacial score (nSPS) is 8.45. The van der Waals surface area contributed by atoms with Crippen molar-refractivity contribution in [3.63, 3.8) is 0 Å². The second-order valence-corrected chi connectivity index (χ2v) is 1.90. The summed E-state index contributed by atoms with van der Waals surface area (Å²) in [6.45, 7) is 5.50. The van der Waals surface area contributed by atoms with Crippen LogP contribution in [0, 0.1) is 5.41 Å². The summed E-state index contributed by atoms with van der Waals surface area (Å²) < 4.78 is 4.79. The molecule has 0 atom stereocenters. The number of carbonyl (C=O) groups is 1. The van der Waals surface area contributed by atoms with Gasteiger partial charge in [0.1, 0.15) is 6.61 Å². The van der Waals surface area contributed by atoms with Crippen LogP contribution in [0.15, 0.2) is 12.7 Å².